The van der Waals surface area contributed by atoms with E-state index < -0.39 is 35.7 Å². The lowest BCUT2D eigenvalue weighted by Crippen LogP contribution is -2.31. The molecule has 134 valence electrons. The zero-order chi connectivity index (χ0) is 17.4. The lowest BCUT2D eigenvalue weighted by Gasteiger charge is -2.24. The summed E-state index contributed by atoms with van der Waals surface area (Å²) in [7, 11) is 0. The molecule has 0 heterocycles. The van der Waals surface area contributed by atoms with E-state index in [1.165, 1.54) is 0 Å². The molecule has 2 aliphatic carbocycles. The molecule has 0 N–H and O–H groups in total. The molecule has 3 rings (SSSR count). The second kappa shape index (κ2) is 7.01. The lowest BCUT2D eigenvalue weighted by molar-refractivity contribution is 0.0684. The van der Waals surface area contributed by atoms with Gasteiger partial charge in [-0.2, -0.15) is 0 Å². The van der Waals surface area contributed by atoms with E-state index in [0.717, 1.165) is 25.0 Å². The van der Waals surface area contributed by atoms with E-state index in [4.69, 9.17) is 0 Å². The Labute approximate surface area is 139 Å². The molecule has 0 nitrogen and oxygen atoms in total. The summed E-state index contributed by atoms with van der Waals surface area (Å²) < 4.78 is 69.2. The van der Waals surface area contributed by atoms with E-state index in [1.54, 1.807) is 0 Å². The third kappa shape index (κ3) is 3.18. The zero-order valence-corrected chi connectivity index (χ0v) is 13.8. The first-order valence-electron chi connectivity index (χ1n) is 8.84. The topological polar surface area (TPSA) is 0 Å². The van der Waals surface area contributed by atoms with E-state index >= 15 is 0 Å². The summed E-state index contributed by atoms with van der Waals surface area (Å²) in [6.07, 6.45) is 0.919. The minimum absolute atomic E-state index is 0.0290. The van der Waals surface area contributed by atoms with Gasteiger partial charge in [-0.05, 0) is 73.5 Å². The highest BCUT2D eigenvalue weighted by atomic mass is 19.2. The third-order valence-corrected chi connectivity index (χ3v) is 5.96. The number of benzene rings is 1. The Morgan fingerprint density at radius 1 is 0.958 bits per heavy atom. The van der Waals surface area contributed by atoms with Crippen LogP contribution in [0.3, 0.4) is 0 Å². The molecule has 24 heavy (non-hydrogen) atoms. The molecule has 0 aromatic heterocycles. The summed E-state index contributed by atoms with van der Waals surface area (Å²) in [5.41, 5.74) is 0.354. The van der Waals surface area contributed by atoms with Crippen LogP contribution in [0.25, 0.3) is 0 Å². The van der Waals surface area contributed by atoms with E-state index in [0.29, 0.717) is 31.2 Å². The maximum Gasteiger partial charge on any atom is 0.194 e. The molecule has 0 saturated heterocycles. The van der Waals surface area contributed by atoms with E-state index in [2.05, 4.69) is 0 Å². The number of rotatable bonds is 3. The predicted octanol–water partition coefficient (Wildman–Crippen LogP) is 6.10. The first-order valence-corrected chi connectivity index (χ1v) is 8.84. The number of hydrogen-bond donors (Lipinski definition) is 0. The van der Waals surface area contributed by atoms with Gasteiger partial charge in [-0.25, -0.2) is 22.0 Å². The van der Waals surface area contributed by atoms with Crippen LogP contribution < -0.4 is 0 Å². The molecule has 0 aliphatic heterocycles. The highest BCUT2D eigenvalue weighted by Gasteiger charge is 2.47. The van der Waals surface area contributed by atoms with Gasteiger partial charge < -0.3 is 0 Å². The average molecular weight is 346 g/mol. The fraction of sp³-hybridized carbons (Fsp3) is 0.684. The second-order valence-corrected chi connectivity index (χ2v) is 7.41. The van der Waals surface area contributed by atoms with Crippen LogP contribution in [0.2, 0.25) is 0 Å². The molecule has 0 bridgehead atoms. The molecule has 0 amide bonds. The van der Waals surface area contributed by atoms with Crippen molar-refractivity contribution >= 4 is 0 Å². The van der Waals surface area contributed by atoms with Crippen LogP contribution in [0.5, 0.6) is 0 Å². The molecule has 2 aliphatic rings. The standard InChI is InChI=1S/C19H23F5/c1-2-3-10-4-5-11-6-12(7-14(11)18(23)17(10)22)13-8-15(20)19(24)16(21)9-13/h8-12,14,17-18H,2-7H2,1H3. The Morgan fingerprint density at radius 3 is 2.25 bits per heavy atom. The van der Waals surface area contributed by atoms with E-state index in [-0.39, 0.29) is 17.8 Å². The average Bonchev–Trinajstić information content (AvgIpc) is 2.94. The monoisotopic (exact) mass is 346 g/mol. The lowest BCUT2D eigenvalue weighted by atomic mass is 9.88. The van der Waals surface area contributed by atoms with Gasteiger partial charge in [0.05, 0.1) is 0 Å². The second-order valence-electron chi connectivity index (χ2n) is 7.41. The third-order valence-electron chi connectivity index (χ3n) is 5.96. The number of alkyl halides is 2. The van der Waals surface area contributed by atoms with Crippen molar-refractivity contribution < 1.29 is 22.0 Å². The number of fused-ring (bicyclic) bond motifs is 1. The molecule has 6 atom stereocenters. The molecule has 1 aromatic carbocycles. The van der Waals surface area contributed by atoms with Crippen molar-refractivity contribution in [1.82, 2.24) is 0 Å². The van der Waals surface area contributed by atoms with Crippen LogP contribution >= 0.6 is 0 Å². The van der Waals surface area contributed by atoms with Gasteiger partial charge in [-0.3, -0.25) is 0 Å². The molecular formula is C19H23F5. The maximum atomic E-state index is 14.7. The molecular weight excluding hydrogens is 323 g/mol. The summed E-state index contributed by atoms with van der Waals surface area (Å²) in [5, 5.41) is 0. The van der Waals surface area contributed by atoms with E-state index in [9.17, 15) is 22.0 Å². The number of halogens is 5. The van der Waals surface area contributed by atoms with Gasteiger partial charge in [0.15, 0.2) is 17.5 Å². The SMILES string of the molecule is CCCC1CCC2CC(c3cc(F)c(F)c(F)c3)CC2C(F)C1F. The predicted molar refractivity (Wildman–Crippen MR) is 82.7 cm³/mol. The van der Waals surface area contributed by atoms with Crippen molar-refractivity contribution in [2.75, 3.05) is 0 Å². The summed E-state index contributed by atoms with van der Waals surface area (Å²) in [6.45, 7) is 1.97. The first kappa shape index (κ1) is 17.7. The van der Waals surface area contributed by atoms with Gasteiger partial charge in [0.25, 0.3) is 0 Å². The summed E-state index contributed by atoms with van der Waals surface area (Å²) in [4.78, 5) is 0. The smallest absolute Gasteiger partial charge is 0.194 e. The highest BCUT2D eigenvalue weighted by Crippen LogP contribution is 2.51. The Balaban J connectivity index is 1.78. The maximum absolute atomic E-state index is 14.7. The van der Waals surface area contributed by atoms with Gasteiger partial charge in [0.1, 0.15) is 12.3 Å². The van der Waals surface area contributed by atoms with Gasteiger partial charge in [0.2, 0.25) is 0 Å². The zero-order valence-electron chi connectivity index (χ0n) is 13.8. The fourth-order valence-corrected chi connectivity index (χ4v) is 4.72. The molecule has 0 radical (unpaired) electrons. The molecule has 2 fully saturated rings. The van der Waals surface area contributed by atoms with Crippen LogP contribution in [-0.2, 0) is 0 Å². The normalized spacial score (nSPS) is 36.4. The van der Waals surface area contributed by atoms with Crippen molar-refractivity contribution in [3.05, 3.63) is 35.1 Å². The minimum atomic E-state index is -1.52. The molecule has 6 unspecified atom stereocenters. The molecule has 2 saturated carbocycles. The Kier molecular flexibility index (Phi) is 5.16. The Hall–Kier alpha value is -1.13. The van der Waals surface area contributed by atoms with Crippen LogP contribution in [0.4, 0.5) is 22.0 Å². The van der Waals surface area contributed by atoms with Crippen molar-refractivity contribution in [3.8, 4) is 0 Å². The van der Waals surface area contributed by atoms with Crippen molar-refractivity contribution in [2.24, 2.45) is 17.8 Å². The van der Waals surface area contributed by atoms with Crippen molar-refractivity contribution in [2.45, 2.75) is 63.7 Å². The Morgan fingerprint density at radius 2 is 1.62 bits per heavy atom. The van der Waals surface area contributed by atoms with Gasteiger partial charge in [-0.1, -0.05) is 13.3 Å². The Bertz CT molecular complexity index is 564. The molecule has 5 heteroatoms. The van der Waals surface area contributed by atoms with Gasteiger partial charge in [-0.15, -0.1) is 0 Å². The van der Waals surface area contributed by atoms with Crippen LogP contribution in [0.15, 0.2) is 12.1 Å². The fourth-order valence-electron chi connectivity index (χ4n) is 4.72. The largest absolute Gasteiger partial charge is 0.244 e. The van der Waals surface area contributed by atoms with Crippen LogP contribution in [0, 0.1) is 35.2 Å². The van der Waals surface area contributed by atoms with Crippen molar-refractivity contribution in [3.63, 3.8) is 0 Å². The molecule has 0 spiro atoms. The summed E-state index contributed by atoms with van der Waals surface area (Å²) >= 11 is 0. The summed E-state index contributed by atoms with van der Waals surface area (Å²) in [6, 6.07) is 1.99. The quantitative estimate of drug-likeness (QED) is 0.458. The summed E-state index contributed by atoms with van der Waals surface area (Å²) in [5.74, 6) is -4.78. The van der Waals surface area contributed by atoms with Gasteiger partial charge >= 0.3 is 0 Å². The highest BCUT2D eigenvalue weighted by molar-refractivity contribution is 5.25. The van der Waals surface area contributed by atoms with Crippen molar-refractivity contribution in [1.29, 1.82) is 0 Å². The van der Waals surface area contributed by atoms with Crippen LogP contribution in [-0.4, -0.2) is 12.3 Å². The van der Waals surface area contributed by atoms with Gasteiger partial charge in [0, 0.05) is 0 Å². The molecule has 1 aromatic rings. The van der Waals surface area contributed by atoms with E-state index in [1.807, 2.05) is 6.92 Å². The number of hydrogen-bond acceptors (Lipinski definition) is 0. The van der Waals surface area contributed by atoms with Crippen LogP contribution in [0.1, 0.15) is 56.9 Å². The minimum Gasteiger partial charge on any atom is -0.244 e. The first-order chi connectivity index (χ1) is 11.4.